The van der Waals surface area contributed by atoms with Gasteiger partial charge in [-0.3, -0.25) is 10.1 Å². The van der Waals surface area contributed by atoms with Gasteiger partial charge in [-0.25, -0.2) is 4.79 Å². The second kappa shape index (κ2) is 6.09. The molecule has 0 unspecified atom stereocenters. The first-order chi connectivity index (χ1) is 7.56. The highest BCUT2D eigenvalue weighted by atomic mass is 35.5. The predicted octanol–water partition coefficient (Wildman–Crippen LogP) is 2.02. The maximum Gasteiger partial charge on any atom is 0.321 e. The van der Waals surface area contributed by atoms with Gasteiger partial charge in [0.2, 0.25) is 5.91 Å². The standard InChI is InChI=1S/C11H19ClN2O2/c1-11(5-2-3-6-11)8-13-10(16)14-9(15)4-7-12/h2-8H2,1H3,(H2,13,14,15,16). The van der Waals surface area contributed by atoms with E-state index in [0.717, 1.165) is 12.8 Å². The number of hydrogen-bond donors (Lipinski definition) is 2. The summed E-state index contributed by atoms with van der Waals surface area (Å²) in [6, 6.07) is -0.414. The highest BCUT2D eigenvalue weighted by molar-refractivity contribution is 6.19. The number of amides is 3. The minimum absolute atomic E-state index is 0.173. The second-order valence-corrected chi connectivity index (χ2v) is 5.07. The van der Waals surface area contributed by atoms with Crippen LogP contribution in [0.25, 0.3) is 0 Å². The zero-order valence-corrected chi connectivity index (χ0v) is 10.4. The number of nitrogens with one attached hydrogen (secondary N) is 2. The van der Waals surface area contributed by atoms with E-state index in [1.807, 2.05) is 0 Å². The molecule has 0 heterocycles. The summed E-state index contributed by atoms with van der Waals surface area (Å²) < 4.78 is 0. The van der Waals surface area contributed by atoms with E-state index in [-0.39, 0.29) is 23.6 Å². The molecule has 92 valence electrons. The Kier molecular flexibility index (Phi) is 5.06. The van der Waals surface area contributed by atoms with Gasteiger partial charge >= 0.3 is 6.03 Å². The molecule has 0 spiro atoms. The van der Waals surface area contributed by atoms with Crippen molar-refractivity contribution in [1.29, 1.82) is 0 Å². The van der Waals surface area contributed by atoms with E-state index >= 15 is 0 Å². The van der Waals surface area contributed by atoms with Gasteiger partial charge in [-0.15, -0.1) is 11.6 Å². The maximum atomic E-state index is 11.3. The fraction of sp³-hybridized carbons (Fsp3) is 0.818. The molecule has 5 heteroatoms. The largest absolute Gasteiger partial charge is 0.337 e. The minimum atomic E-state index is -0.414. The zero-order valence-electron chi connectivity index (χ0n) is 9.64. The number of urea groups is 1. The summed E-state index contributed by atoms with van der Waals surface area (Å²) in [5, 5.41) is 4.99. The van der Waals surface area contributed by atoms with E-state index in [2.05, 4.69) is 17.6 Å². The summed E-state index contributed by atoms with van der Waals surface area (Å²) in [6.07, 6.45) is 4.91. The van der Waals surface area contributed by atoms with Gasteiger partial charge in [-0.2, -0.15) is 0 Å². The van der Waals surface area contributed by atoms with Crippen LogP contribution in [0.4, 0.5) is 4.79 Å². The fourth-order valence-electron chi connectivity index (χ4n) is 2.02. The van der Waals surface area contributed by atoms with Crippen molar-refractivity contribution in [2.45, 2.75) is 39.0 Å². The Morgan fingerprint density at radius 3 is 2.50 bits per heavy atom. The van der Waals surface area contributed by atoms with Crippen molar-refractivity contribution in [2.75, 3.05) is 12.4 Å². The third-order valence-electron chi connectivity index (χ3n) is 3.06. The normalized spacial score (nSPS) is 18.1. The smallest absolute Gasteiger partial charge is 0.321 e. The molecular formula is C11H19ClN2O2. The molecule has 16 heavy (non-hydrogen) atoms. The Hall–Kier alpha value is -0.770. The van der Waals surface area contributed by atoms with Gasteiger partial charge < -0.3 is 5.32 Å². The number of hydrogen-bond acceptors (Lipinski definition) is 2. The molecule has 0 aliphatic heterocycles. The van der Waals surface area contributed by atoms with Gasteiger partial charge in [-0.05, 0) is 18.3 Å². The molecule has 0 saturated heterocycles. The van der Waals surface area contributed by atoms with E-state index < -0.39 is 6.03 Å². The lowest BCUT2D eigenvalue weighted by Crippen LogP contribution is -2.43. The van der Waals surface area contributed by atoms with Crippen molar-refractivity contribution >= 4 is 23.5 Å². The molecule has 0 aromatic heterocycles. The molecule has 1 fully saturated rings. The van der Waals surface area contributed by atoms with Crippen LogP contribution in [0.2, 0.25) is 0 Å². The van der Waals surface area contributed by atoms with Gasteiger partial charge in [0, 0.05) is 18.8 Å². The molecule has 0 aromatic rings. The van der Waals surface area contributed by atoms with Gasteiger partial charge in [-0.1, -0.05) is 19.8 Å². The first-order valence-electron chi connectivity index (χ1n) is 5.69. The molecule has 1 aliphatic rings. The van der Waals surface area contributed by atoms with Crippen LogP contribution in [0.5, 0.6) is 0 Å². The molecule has 0 bridgehead atoms. The van der Waals surface area contributed by atoms with Gasteiger partial charge in [0.1, 0.15) is 0 Å². The average Bonchev–Trinajstić information content (AvgIpc) is 2.63. The van der Waals surface area contributed by atoms with Crippen molar-refractivity contribution in [2.24, 2.45) is 5.41 Å². The van der Waals surface area contributed by atoms with Crippen molar-refractivity contribution in [1.82, 2.24) is 10.6 Å². The lowest BCUT2D eigenvalue weighted by Gasteiger charge is -2.23. The summed E-state index contributed by atoms with van der Waals surface area (Å²) in [7, 11) is 0. The zero-order chi connectivity index (χ0) is 12.0. The van der Waals surface area contributed by atoms with Crippen LogP contribution in [0.1, 0.15) is 39.0 Å². The summed E-state index contributed by atoms with van der Waals surface area (Å²) in [5.74, 6) is -0.0966. The summed E-state index contributed by atoms with van der Waals surface area (Å²) in [5.41, 5.74) is 0.201. The van der Waals surface area contributed by atoms with E-state index in [4.69, 9.17) is 11.6 Å². The minimum Gasteiger partial charge on any atom is -0.337 e. The number of rotatable bonds is 4. The molecule has 2 N–H and O–H groups in total. The highest BCUT2D eigenvalue weighted by Gasteiger charge is 2.28. The molecule has 1 rings (SSSR count). The van der Waals surface area contributed by atoms with Crippen LogP contribution < -0.4 is 10.6 Å². The summed E-state index contributed by atoms with van der Waals surface area (Å²) in [4.78, 5) is 22.4. The van der Waals surface area contributed by atoms with Crippen LogP contribution >= 0.6 is 11.6 Å². The van der Waals surface area contributed by atoms with Crippen LogP contribution in [0.15, 0.2) is 0 Å². The van der Waals surface area contributed by atoms with Crippen LogP contribution in [0.3, 0.4) is 0 Å². The Labute approximate surface area is 101 Å². The third kappa shape index (κ3) is 4.39. The van der Waals surface area contributed by atoms with Gasteiger partial charge in [0.15, 0.2) is 0 Å². The number of imide groups is 1. The first-order valence-corrected chi connectivity index (χ1v) is 6.23. The molecule has 1 aliphatic carbocycles. The van der Waals surface area contributed by atoms with E-state index in [1.54, 1.807) is 0 Å². The SMILES string of the molecule is CC1(CNC(=O)NC(=O)CCCl)CCCC1. The Balaban J connectivity index is 2.22. The monoisotopic (exact) mass is 246 g/mol. The topological polar surface area (TPSA) is 58.2 Å². The number of alkyl halides is 1. The predicted molar refractivity (Wildman–Crippen MR) is 63.5 cm³/mol. The number of halogens is 1. The molecule has 0 radical (unpaired) electrons. The average molecular weight is 247 g/mol. The van der Waals surface area contributed by atoms with E-state index in [9.17, 15) is 9.59 Å². The van der Waals surface area contributed by atoms with Crippen molar-refractivity contribution in [3.8, 4) is 0 Å². The molecule has 1 saturated carbocycles. The summed E-state index contributed by atoms with van der Waals surface area (Å²) >= 11 is 5.39. The molecule has 4 nitrogen and oxygen atoms in total. The molecule has 3 amide bonds. The van der Waals surface area contributed by atoms with Gasteiger partial charge in [0.25, 0.3) is 0 Å². The fourth-order valence-corrected chi connectivity index (χ4v) is 2.19. The molecule has 0 atom stereocenters. The van der Waals surface area contributed by atoms with Crippen molar-refractivity contribution in [3.05, 3.63) is 0 Å². The first kappa shape index (κ1) is 13.3. The molecular weight excluding hydrogens is 228 g/mol. The lowest BCUT2D eigenvalue weighted by molar-refractivity contribution is -0.119. The van der Waals surface area contributed by atoms with E-state index in [1.165, 1.54) is 12.8 Å². The summed E-state index contributed by atoms with van der Waals surface area (Å²) in [6.45, 7) is 2.80. The van der Waals surface area contributed by atoms with E-state index in [0.29, 0.717) is 6.54 Å². The van der Waals surface area contributed by atoms with Crippen LogP contribution in [0, 0.1) is 5.41 Å². The quantitative estimate of drug-likeness (QED) is 0.746. The van der Waals surface area contributed by atoms with Crippen LogP contribution in [-0.2, 0) is 4.79 Å². The Morgan fingerprint density at radius 1 is 1.31 bits per heavy atom. The van der Waals surface area contributed by atoms with Crippen molar-refractivity contribution in [3.63, 3.8) is 0 Å². The highest BCUT2D eigenvalue weighted by Crippen LogP contribution is 2.36. The third-order valence-corrected chi connectivity index (χ3v) is 3.25. The maximum absolute atomic E-state index is 11.3. The number of carbonyl (C=O) groups is 2. The molecule has 0 aromatic carbocycles. The Bertz CT molecular complexity index is 263. The van der Waals surface area contributed by atoms with Crippen LogP contribution in [-0.4, -0.2) is 24.4 Å². The second-order valence-electron chi connectivity index (χ2n) is 4.69. The van der Waals surface area contributed by atoms with Gasteiger partial charge in [0.05, 0.1) is 0 Å². The van der Waals surface area contributed by atoms with Crippen molar-refractivity contribution < 1.29 is 9.59 Å². The lowest BCUT2D eigenvalue weighted by atomic mass is 9.89. The number of carbonyl (C=O) groups excluding carboxylic acids is 2. The Morgan fingerprint density at radius 2 is 1.94 bits per heavy atom.